The second-order valence-electron chi connectivity index (χ2n) is 4.90. The summed E-state index contributed by atoms with van der Waals surface area (Å²) < 4.78 is 28.1. The largest absolute Gasteiger partial charge is 0.322 e. The second-order valence-corrected chi connectivity index (χ2v) is 4.90. The first-order valence-corrected chi connectivity index (χ1v) is 6.75. The van der Waals surface area contributed by atoms with Gasteiger partial charge in [0.25, 0.3) is 5.91 Å². The van der Waals surface area contributed by atoms with E-state index < -0.39 is 17.5 Å². The molecule has 3 rings (SSSR count). The van der Waals surface area contributed by atoms with Crippen molar-refractivity contribution in [3.8, 4) is 11.4 Å². The number of carbonyl (C=O) groups is 1. The maximum absolute atomic E-state index is 13.6. The predicted octanol–water partition coefficient (Wildman–Crippen LogP) is 3.01. The van der Waals surface area contributed by atoms with Crippen LogP contribution < -0.4 is 5.32 Å². The fourth-order valence-corrected chi connectivity index (χ4v) is 2.08. The lowest BCUT2D eigenvalue weighted by Gasteiger charge is -2.07. The van der Waals surface area contributed by atoms with E-state index in [2.05, 4.69) is 15.4 Å². The van der Waals surface area contributed by atoms with Gasteiger partial charge in [-0.1, -0.05) is 12.1 Å². The topological polar surface area (TPSA) is 59.8 Å². The summed E-state index contributed by atoms with van der Waals surface area (Å²) in [6, 6.07) is 9.66. The molecule has 116 valence electrons. The van der Waals surface area contributed by atoms with Crippen LogP contribution in [0.4, 0.5) is 14.5 Å². The molecule has 2 aromatic carbocycles. The predicted molar refractivity (Wildman–Crippen MR) is 80.8 cm³/mol. The van der Waals surface area contributed by atoms with Crippen LogP contribution in [0.3, 0.4) is 0 Å². The second kappa shape index (κ2) is 5.96. The third kappa shape index (κ3) is 3.23. The first-order chi connectivity index (χ1) is 11.0. The van der Waals surface area contributed by atoms with E-state index in [1.54, 1.807) is 42.3 Å². The lowest BCUT2D eigenvalue weighted by Crippen LogP contribution is -2.14. The SMILES string of the molecule is Cn1cnc(-c2cccc(NC(=O)c3ccc(F)cc3F)c2)n1. The molecule has 0 spiro atoms. The van der Waals surface area contributed by atoms with Crippen LogP contribution in [0, 0.1) is 11.6 Å². The van der Waals surface area contributed by atoms with Crippen LogP contribution >= 0.6 is 0 Å². The molecule has 0 aliphatic heterocycles. The van der Waals surface area contributed by atoms with Gasteiger partial charge in [-0.2, -0.15) is 5.10 Å². The van der Waals surface area contributed by atoms with Gasteiger partial charge in [0.15, 0.2) is 5.82 Å². The van der Waals surface area contributed by atoms with Gasteiger partial charge in [-0.25, -0.2) is 13.8 Å². The van der Waals surface area contributed by atoms with E-state index in [4.69, 9.17) is 0 Å². The maximum Gasteiger partial charge on any atom is 0.258 e. The van der Waals surface area contributed by atoms with Crippen LogP contribution in [0.5, 0.6) is 0 Å². The van der Waals surface area contributed by atoms with E-state index >= 15 is 0 Å². The molecule has 0 aliphatic rings. The first-order valence-electron chi connectivity index (χ1n) is 6.75. The quantitative estimate of drug-likeness (QED) is 0.808. The van der Waals surface area contributed by atoms with Crippen LogP contribution in [0.2, 0.25) is 0 Å². The Morgan fingerprint density at radius 3 is 2.70 bits per heavy atom. The number of hydrogen-bond donors (Lipinski definition) is 1. The lowest BCUT2D eigenvalue weighted by molar-refractivity contribution is 0.102. The molecule has 5 nitrogen and oxygen atoms in total. The van der Waals surface area contributed by atoms with Crippen molar-refractivity contribution < 1.29 is 13.6 Å². The lowest BCUT2D eigenvalue weighted by atomic mass is 10.1. The number of halogens is 2. The number of benzene rings is 2. The van der Waals surface area contributed by atoms with E-state index in [1.807, 2.05) is 0 Å². The van der Waals surface area contributed by atoms with E-state index in [0.717, 1.165) is 12.1 Å². The third-order valence-corrected chi connectivity index (χ3v) is 3.15. The van der Waals surface area contributed by atoms with Crippen molar-refractivity contribution in [2.75, 3.05) is 5.32 Å². The van der Waals surface area contributed by atoms with Gasteiger partial charge in [-0.3, -0.25) is 9.48 Å². The van der Waals surface area contributed by atoms with Gasteiger partial charge >= 0.3 is 0 Å². The minimum absolute atomic E-state index is 0.229. The smallest absolute Gasteiger partial charge is 0.258 e. The number of anilines is 1. The highest BCUT2D eigenvalue weighted by atomic mass is 19.1. The normalized spacial score (nSPS) is 10.6. The highest BCUT2D eigenvalue weighted by Gasteiger charge is 2.13. The summed E-state index contributed by atoms with van der Waals surface area (Å²) in [7, 11) is 1.75. The molecule has 1 amide bonds. The standard InChI is InChI=1S/C16H12F2N4O/c1-22-9-19-15(21-22)10-3-2-4-12(7-10)20-16(23)13-6-5-11(17)8-14(13)18/h2-9H,1H3,(H,20,23). The van der Waals surface area contributed by atoms with Crippen LogP contribution in [-0.4, -0.2) is 20.7 Å². The molecule has 0 bridgehead atoms. The van der Waals surface area contributed by atoms with Gasteiger partial charge in [0.2, 0.25) is 0 Å². The average molecular weight is 314 g/mol. The molecule has 1 N–H and O–H groups in total. The molecule has 0 radical (unpaired) electrons. The summed E-state index contributed by atoms with van der Waals surface area (Å²) >= 11 is 0. The molecule has 1 aromatic heterocycles. The Morgan fingerprint density at radius 1 is 1.17 bits per heavy atom. The molecule has 0 aliphatic carbocycles. The molecule has 0 unspecified atom stereocenters. The summed E-state index contributed by atoms with van der Waals surface area (Å²) in [5.74, 6) is -1.79. The minimum atomic E-state index is -0.912. The number of nitrogens with zero attached hydrogens (tertiary/aromatic N) is 3. The number of amides is 1. The van der Waals surface area contributed by atoms with E-state index in [1.165, 1.54) is 0 Å². The Hall–Kier alpha value is -3.09. The van der Waals surface area contributed by atoms with Gasteiger partial charge in [-0.05, 0) is 24.3 Å². The Balaban J connectivity index is 1.84. The van der Waals surface area contributed by atoms with Crippen molar-refractivity contribution in [3.63, 3.8) is 0 Å². The van der Waals surface area contributed by atoms with Crippen LogP contribution in [0.1, 0.15) is 10.4 Å². The minimum Gasteiger partial charge on any atom is -0.322 e. The molecule has 1 heterocycles. The number of nitrogens with one attached hydrogen (secondary N) is 1. The zero-order chi connectivity index (χ0) is 16.4. The molecular weight excluding hydrogens is 302 g/mol. The highest BCUT2D eigenvalue weighted by Crippen LogP contribution is 2.20. The van der Waals surface area contributed by atoms with Crippen LogP contribution in [-0.2, 0) is 7.05 Å². The summed E-state index contributed by atoms with van der Waals surface area (Å²) in [4.78, 5) is 16.2. The summed E-state index contributed by atoms with van der Waals surface area (Å²) in [5.41, 5.74) is 0.944. The average Bonchev–Trinajstić information content (AvgIpc) is 2.94. The molecular formula is C16H12F2N4O. The number of aromatic nitrogens is 3. The Bertz CT molecular complexity index is 876. The highest BCUT2D eigenvalue weighted by molar-refractivity contribution is 6.04. The Morgan fingerprint density at radius 2 is 2.00 bits per heavy atom. The van der Waals surface area contributed by atoms with Gasteiger partial charge in [0.05, 0.1) is 5.56 Å². The zero-order valence-corrected chi connectivity index (χ0v) is 12.1. The summed E-state index contributed by atoms with van der Waals surface area (Å²) in [6.07, 6.45) is 1.56. The number of rotatable bonds is 3. The van der Waals surface area contributed by atoms with Crippen molar-refractivity contribution in [2.24, 2.45) is 7.05 Å². The molecule has 3 aromatic rings. The van der Waals surface area contributed by atoms with Crippen molar-refractivity contribution in [1.29, 1.82) is 0 Å². The molecule has 23 heavy (non-hydrogen) atoms. The van der Waals surface area contributed by atoms with E-state index in [9.17, 15) is 13.6 Å². The van der Waals surface area contributed by atoms with Gasteiger partial charge in [-0.15, -0.1) is 0 Å². The first kappa shape index (κ1) is 14.8. The molecule has 7 heteroatoms. The van der Waals surface area contributed by atoms with E-state index in [-0.39, 0.29) is 5.56 Å². The third-order valence-electron chi connectivity index (χ3n) is 3.15. The van der Waals surface area contributed by atoms with Crippen molar-refractivity contribution in [1.82, 2.24) is 14.8 Å². The Labute approximate surface area is 130 Å². The zero-order valence-electron chi connectivity index (χ0n) is 12.1. The van der Waals surface area contributed by atoms with E-state index in [0.29, 0.717) is 23.1 Å². The fraction of sp³-hybridized carbons (Fsp3) is 0.0625. The molecule has 0 saturated carbocycles. The van der Waals surface area contributed by atoms with Crippen molar-refractivity contribution in [3.05, 3.63) is 66.0 Å². The fourth-order valence-electron chi connectivity index (χ4n) is 2.08. The van der Waals surface area contributed by atoms with Crippen LogP contribution in [0.25, 0.3) is 11.4 Å². The molecule has 0 atom stereocenters. The van der Waals surface area contributed by atoms with Crippen molar-refractivity contribution in [2.45, 2.75) is 0 Å². The monoisotopic (exact) mass is 314 g/mol. The number of carbonyl (C=O) groups excluding carboxylic acids is 1. The summed E-state index contributed by atoms with van der Waals surface area (Å²) in [6.45, 7) is 0. The summed E-state index contributed by atoms with van der Waals surface area (Å²) in [5, 5.41) is 6.75. The number of hydrogen-bond acceptors (Lipinski definition) is 3. The number of aryl methyl sites for hydroxylation is 1. The van der Waals surface area contributed by atoms with Gasteiger partial charge in [0.1, 0.15) is 18.0 Å². The molecule has 0 saturated heterocycles. The van der Waals surface area contributed by atoms with Crippen LogP contribution in [0.15, 0.2) is 48.8 Å². The van der Waals surface area contributed by atoms with Crippen molar-refractivity contribution >= 4 is 11.6 Å². The molecule has 0 fully saturated rings. The maximum atomic E-state index is 13.6. The Kier molecular flexibility index (Phi) is 3.84. The van der Waals surface area contributed by atoms with Gasteiger partial charge < -0.3 is 5.32 Å². The van der Waals surface area contributed by atoms with Gasteiger partial charge in [0, 0.05) is 24.4 Å².